The molecule has 0 aliphatic carbocycles. The van der Waals surface area contributed by atoms with Gasteiger partial charge in [-0.1, -0.05) is 6.07 Å². The standard InChI is InChI=1S/C32H34F2N6O3/c33-25-4-3-18-11-22(41)12-26(28(18)29(25)34)40-31(42)23-13-27(43-17-32-5-1-7-39(32)8-2-6-32)38-30(24(23)16-36-40)19-9-20-14-35-15-21(10-19)37-20/h3-4,11-13,16,19-21,35,37,41H,1-2,5-10,14-15,17H2. The topological polar surface area (TPSA) is 105 Å². The van der Waals surface area contributed by atoms with E-state index < -0.39 is 17.2 Å². The van der Waals surface area contributed by atoms with Crippen LogP contribution in [0.25, 0.3) is 27.2 Å². The highest BCUT2D eigenvalue weighted by Crippen LogP contribution is 2.40. The van der Waals surface area contributed by atoms with Gasteiger partial charge in [-0.05, 0) is 69.1 Å². The summed E-state index contributed by atoms with van der Waals surface area (Å²) in [6.07, 6.45) is 7.77. The molecule has 4 aliphatic heterocycles. The Labute approximate surface area is 246 Å². The van der Waals surface area contributed by atoms with Crippen molar-refractivity contribution < 1.29 is 18.6 Å². The summed E-state index contributed by atoms with van der Waals surface area (Å²) in [4.78, 5) is 21.7. The maximum Gasteiger partial charge on any atom is 0.279 e. The molecule has 2 atom stereocenters. The van der Waals surface area contributed by atoms with Crippen LogP contribution in [0.4, 0.5) is 8.78 Å². The third-order valence-corrected chi connectivity index (χ3v) is 10.1. The molecule has 0 radical (unpaired) electrons. The second-order valence-corrected chi connectivity index (χ2v) is 12.7. The molecule has 0 amide bonds. The van der Waals surface area contributed by atoms with Crippen LogP contribution in [0.15, 0.2) is 41.3 Å². The Morgan fingerprint density at radius 1 is 1.05 bits per heavy atom. The predicted molar refractivity (Wildman–Crippen MR) is 158 cm³/mol. The lowest BCUT2D eigenvalue weighted by Crippen LogP contribution is -2.58. The summed E-state index contributed by atoms with van der Waals surface area (Å²) in [5.41, 5.74) is 0.245. The summed E-state index contributed by atoms with van der Waals surface area (Å²) in [5, 5.41) is 23.1. The number of aromatic nitrogens is 3. The van der Waals surface area contributed by atoms with Crippen molar-refractivity contribution in [3.8, 4) is 17.3 Å². The molecule has 2 unspecified atom stereocenters. The number of phenolic OH excluding ortho intramolecular Hbond substituents is 1. The van der Waals surface area contributed by atoms with Gasteiger partial charge in [-0.3, -0.25) is 9.69 Å². The second kappa shape index (κ2) is 10.2. The van der Waals surface area contributed by atoms with Crippen molar-refractivity contribution in [2.45, 2.75) is 62.1 Å². The fraction of sp³-hybridized carbons (Fsp3) is 0.469. The normalized spacial score (nSPS) is 24.9. The van der Waals surface area contributed by atoms with Gasteiger partial charge in [-0.15, -0.1) is 0 Å². The first kappa shape index (κ1) is 26.9. The molecular formula is C32H34F2N6O3. The zero-order valence-corrected chi connectivity index (χ0v) is 23.8. The van der Waals surface area contributed by atoms with Crippen LogP contribution in [0.3, 0.4) is 0 Å². The molecule has 9 nitrogen and oxygen atoms in total. The number of piperidine rings is 1. The van der Waals surface area contributed by atoms with E-state index in [-0.39, 0.29) is 33.7 Å². The minimum absolute atomic E-state index is 0.00871. The predicted octanol–water partition coefficient (Wildman–Crippen LogP) is 3.73. The van der Waals surface area contributed by atoms with Crippen molar-refractivity contribution in [2.24, 2.45) is 0 Å². The van der Waals surface area contributed by atoms with E-state index in [1.807, 2.05) is 0 Å². The molecule has 4 fully saturated rings. The summed E-state index contributed by atoms with van der Waals surface area (Å²) in [6.45, 7) is 4.41. The van der Waals surface area contributed by atoms with Gasteiger partial charge in [0, 0.05) is 54.0 Å². The van der Waals surface area contributed by atoms with Crippen molar-refractivity contribution in [3.05, 3.63) is 64.2 Å². The van der Waals surface area contributed by atoms with Gasteiger partial charge in [0.2, 0.25) is 5.88 Å². The highest BCUT2D eigenvalue weighted by molar-refractivity contribution is 5.93. The molecule has 3 N–H and O–H groups in total. The van der Waals surface area contributed by atoms with E-state index >= 15 is 4.39 Å². The quantitative estimate of drug-likeness (QED) is 0.324. The molecule has 8 rings (SSSR count). The lowest BCUT2D eigenvalue weighted by Gasteiger charge is -2.40. The van der Waals surface area contributed by atoms with Crippen molar-refractivity contribution in [1.29, 1.82) is 0 Å². The first-order valence-corrected chi connectivity index (χ1v) is 15.3. The van der Waals surface area contributed by atoms with Crippen LogP contribution in [0.5, 0.6) is 11.6 Å². The second-order valence-electron chi connectivity index (χ2n) is 12.7. The Bertz CT molecular complexity index is 1790. The van der Waals surface area contributed by atoms with E-state index in [0.717, 1.165) is 81.1 Å². The van der Waals surface area contributed by atoms with E-state index in [9.17, 15) is 14.3 Å². The lowest BCUT2D eigenvalue weighted by molar-refractivity contribution is 0.110. The highest BCUT2D eigenvalue weighted by atomic mass is 19.2. The van der Waals surface area contributed by atoms with Crippen LogP contribution < -0.4 is 20.9 Å². The van der Waals surface area contributed by atoms with Crippen LogP contribution in [0.1, 0.15) is 50.1 Å². The molecule has 4 aromatic rings. The number of hydrogen-bond donors (Lipinski definition) is 3. The molecule has 2 bridgehead atoms. The number of pyridine rings is 1. The van der Waals surface area contributed by atoms with Gasteiger partial charge < -0.3 is 20.5 Å². The van der Waals surface area contributed by atoms with Crippen LogP contribution in [-0.2, 0) is 0 Å². The summed E-state index contributed by atoms with van der Waals surface area (Å²) >= 11 is 0. The van der Waals surface area contributed by atoms with Crippen molar-refractivity contribution >= 4 is 21.5 Å². The molecule has 4 aliphatic rings. The number of fused-ring (bicyclic) bond motifs is 5. The highest BCUT2D eigenvalue weighted by Gasteiger charge is 2.45. The Balaban J connectivity index is 1.27. The fourth-order valence-electron chi connectivity index (χ4n) is 8.09. The van der Waals surface area contributed by atoms with Gasteiger partial charge in [0.05, 0.1) is 28.5 Å². The molecular weight excluding hydrogens is 554 g/mol. The van der Waals surface area contributed by atoms with E-state index in [1.54, 1.807) is 12.3 Å². The maximum atomic E-state index is 15.1. The SMILES string of the molecule is O=c1c2cc(OCC34CCCN3CCC4)nc(C3CC4CNCC(C3)N4)c2cnn1-c1cc(O)cc2ccc(F)c(F)c12. The van der Waals surface area contributed by atoms with Gasteiger partial charge in [0.25, 0.3) is 5.56 Å². The summed E-state index contributed by atoms with van der Waals surface area (Å²) in [6, 6.07) is 7.20. The molecule has 0 spiro atoms. The Kier molecular flexibility index (Phi) is 6.39. The molecule has 224 valence electrons. The number of benzene rings is 2. The number of rotatable bonds is 5. The van der Waals surface area contributed by atoms with Gasteiger partial charge in [0.1, 0.15) is 12.4 Å². The number of halogens is 2. The first-order chi connectivity index (χ1) is 20.9. The van der Waals surface area contributed by atoms with Crippen LogP contribution in [-0.4, -0.2) is 75.2 Å². The van der Waals surface area contributed by atoms with Gasteiger partial charge in [0.15, 0.2) is 11.6 Å². The maximum absolute atomic E-state index is 15.1. The minimum atomic E-state index is -1.10. The van der Waals surface area contributed by atoms with Gasteiger partial charge >= 0.3 is 0 Å². The minimum Gasteiger partial charge on any atom is -0.508 e. The molecule has 43 heavy (non-hydrogen) atoms. The van der Waals surface area contributed by atoms with Crippen molar-refractivity contribution in [1.82, 2.24) is 30.3 Å². The van der Waals surface area contributed by atoms with E-state index in [1.165, 1.54) is 18.2 Å². The fourth-order valence-corrected chi connectivity index (χ4v) is 8.09. The smallest absolute Gasteiger partial charge is 0.279 e. The van der Waals surface area contributed by atoms with E-state index in [0.29, 0.717) is 35.3 Å². The first-order valence-electron chi connectivity index (χ1n) is 15.3. The number of aromatic hydroxyl groups is 1. The van der Waals surface area contributed by atoms with Gasteiger partial charge in [-0.2, -0.15) is 9.78 Å². The van der Waals surface area contributed by atoms with Gasteiger partial charge in [-0.25, -0.2) is 13.8 Å². The van der Waals surface area contributed by atoms with Crippen LogP contribution >= 0.6 is 0 Å². The van der Waals surface area contributed by atoms with Crippen molar-refractivity contribution in [3.63, 3.8) is 0 Å². The summed E-state index contributed by atoms with van der Waals surface area (Å²) < 4.78 is 36.9. The number of hydrogen-bond acceptors (Lipinski definition) is 8. The Morgan fingerprint density at radius 2 is 1.81 bits per heavy atom. The van der Waals surface area contributed by atoms with E-state index in [2.05, 4.69) is 20.6 Å². The average molecular weight is 589 g/mol. The largest absolute Gasteiger partial charge is 0.508 e. The molecule has 2 aromatic heterocycles. The monoisotopic (exact) mass is 588 g/mol. The van der Waals surface area contributed by atoms with E-state index in [4.69, 9.17) is 9.72 Å². The molecule has 4 saturated heterocycles. The zero-order valence-electron chi connectivity index (χ0n) is 23.8. The third-order valence-electron chi connectivity index (χ3n) is 10.1. The number of nitrogens with one attached hydrogen (secondary N) is 2. The number of piperazine rings is 1. The number of phenols is 1. The van der Waals surface area contributed by atoms with Crippen molar-refractivity contribution in [2.75, 3.05) is 32.8 Å². The Hall–Kier alpha value is -3.67. The average Bonchev–Trinajstić information content (AvgIpc) is 3.58. The third kappa shape index (κ3) is 4.47. The molecule has 0 saturated carbocycles. The summed E-state index contributed by atoms with van der Waals surface area (Å²) in [7, 11) is 0. The molecule has 11 heteroatoms. The number of ether oxygens (including phenoxy) is 1. The molecule has 6 heterocycles. The molecule has 2 aromatic carbocycles. The van der Waals surface area contributed by atoms with Crippen LogP contribution in [0.2, 0.25) is 0 Å². The summed E-state index contributed by atoms with van der Waals surface area (Å²) in [5.74, 6) is -1.85. The number of nitrogens with zero attached hydrogens (tertiary/aromatic N) is 4. The zero-order chi connectivity index (χ0) is 29.3. The Morgan fingerprint density at radius 3 is 2.58 bits per heavy atom. The lowest BCUT2D eigenvalue weighted by atomic mass is 9.82. The van der Waals surface area contributed by atoms with Crippen LogP contribution in [0, 0.1) is 11.6 Å².